The van der Waals surface area contributed by atoms with E-state index in [1.807, 2.05) is 50.2 Å². The van der Waals surface area contributed by atoms with Crippen LogP contribution in [0.4, 0.5) is 5.69 Å². The van der Waals surface area contributed by atoms with Crippen LogP contribution in [0.15, 0.2) is 48.8 Å². The third-order valence-electron chi connectivity index (χ3n) is 4.82. The fraction of sp³-hybridized carbons (Fsp3) is 0.435. The van der Waals surface area contributed by atoms with Gasteiger partial charge >= 0.3 is 0 Å². The highest BCUT2D eigenvalue weighted by atomic mass is 16.2. The molecule has 0 saturated carbocycles. The van der Waals surface area contributed by atoms with E-state index in [0.29, 0.717) is 31.5 Å². The first-order valence-corrected chi connectivity index (χ1v) is 10.2. The molecule has 0 aliphatic heterocycles. The van der Waals surface area contributed by atoms with Gasteiger partial charge in [0.25, 0.3) is 0 Å². The Morgan fingerprint density at radius 1 is 1.10 bits per heavy atom. The molecule has 0 saturated heterocycles. The number of rotatable bonds is 11. The van der Waals surface area contributed by atoms with Crippen LogP contribution in [0, 0.1) is 11.8 Å². The van der Waals surface area contributed by atoms with Crippen molar-refractivity contribution in [3.8, 4) is 11.1 Å². The van der Waals surface area contributed by atoms with Gasteiger partial charge in [-0.1, -0.05) is 44.2 Å². The van der Waals surface area contributed by atoms with Crippen LogP contribution in [0.5, 0.6) is 0 Å². The maximum Gasteiger partial charge on any atom is 0.227 e. The molecule has 5 N–H and O–H groups in total. The highest BCUT2D eigenvalue weighted by Crippen LogP contribution is 2.23. The Kier molecular flexibility index (Phi) is 8.96. The molecule has 2 rings (SSSR count). The van der Waals surface area contributed by atoms with Gasteiger partial charge in [0.2, 0.25) is 5.91 Å². The number of hydrogen-bond acceptors (Lipinski definition) is 5. The number of benzene rings is 1. The summed E-state index contributed by atoms with van der Waals surface area (Å²) in [6, 6.07) is 11.2. The molecule has 0 fully saturated rings. The summed E-state index contributed by atoms with van der Waals surface area (Å²) in [6.07, 6.45) is 5.39. The topological polar surface area (TPSA) is 111 Å². The van der Waals surface area contributed by atoms with Crippen molar-refractivity contribution in [3.05, 3.63) is 48.8 Å². The fourth-order valence-electron chi connectivity index (χ4n) is 3.29. The zero-order valence-electron chi connectivity index (χ0n) is 17.3. The molecule has 0 aliphatic rings. The fourth-order valence-corrected chi connectivity index (χ4v) is 3.29. The first-order chi connectivity index (χ1) is 13.9. The van der Waals surface area contributed by atoms with E-state index in [1.54, 1.807) is 12.4 Å². The number of ketones is 1. The number of nitrogens with zero attached hydrogens (tertiary/aromatic N) is 1. The van der Waals surface area contributed by atoms with Crippen molar-refractivity contribution >= 4 is 17.4 Å². The monoisotopic (exact) mass is 396 g/mol. The van der Waals surface area contributed by atoms with E-state index in [0.717, 1.165) is 11.1 Å². The molecule has 2 aromatic rings. The summed E-state index contributed by atoms with van der Waals surface area (Å²) in [5.41, 5.74) is 14.0. The van der Waals surface area contributed by atoms with E-state index in [2.05, 4.69) is 10.3 Å². The molecule has 156 valence electrons. The number of anilines is 1. The van der Waals surface area contributed by atoms with Crippen LogP contribution < -0.4 is 16.8 Å². The maximum atomic E-state index is 12.9. The molecule has 0 spiro atoms. The van der Waals surface area contributed by atoms with Crippen molar-refractivity contribution < 1.29 is 9.59 Å². The summed E-state index contributed by atoms with van der Waals surface area (Å²) in [6.45, 7) is 4.58. The van der Waals surface area contributed by atoms with Crippen molar-refractivity contribution in [2.45, 2.75) is 45.6 Å². The minimum Gasteiger partial charge on any atom is -0.330 e. The highest BCUT2D eigenvalue weighted by Gasteiger charge is 2.25. The van der Waals surface area contributed by atoms with Crippen LogP contribution in [0.2, 0.25) is 0 Å². The molecule has 6 heteroatoms. The second-order valence-corrected chi connectivity index (χ2v) is 7.85. The lowest BCUT2D eigenvalue weighted by molar-refractivity contribution is -0.127. The summed E-state index contributed by atoms with van der Waals surface area (Å²) in [7, 11) is 0. The Morgan fingerprint density at radius 2 is 1.83 bits per heavy atom. The third kappa shape index (κ3) is 7.40. The van der Waals surface area contributed by atoms with Gasteiger partial charge in [0, 0.05) is 24.1 Å². The summed E-state index contributed by atoms with van der Waals surface area (Å²) in [5, 5.41) is 2.93. The number of carbonyl (C=O) groups excluding carboxylic acids is 2. The number of amides is 1. The van der Waals surface area contributed by atoms with Crippen LogP contribution in [-0.4, -0.2) is 29.3 Å². The van der Waals surface area contributed by atoms with Crippen molar-refractivity contribution in [1.82, 2.24) is 4.98 Å². The number of pyridine rings is 1. The number of nitrogens with two attached hydrogens (primary N) is 2. The number of Topliss-reactive ketones (excluding diaryl/α,β-unsaturated/α-hetero) is 1. The molecule has 0 radical (unpaired) electrons. The summed E-state index contributed by atoms with van der Waals surface area (Å²) in [4.78, 5) is 29.6. The standard InChI is InChI=1S/C23H32N4O2/c1-16(2)11-18(13-22(28)21(25)9-6-10-24)23(29)27-20-12-19(14-26-15-20)17-7-4-3-5-8-17/h3-5,7-8,12,14-16,18,21H,6,9-11,13,24-25H2,1-2H3,(H,27,29)/t18-,21-/m0/s1. The summed E-state index contributed by atoms with van der Waals surface area (Å²) >= 11 is 0. The van der Waals surface area contributed by atoms with Gasteiger partial charge in [-0.3, -0.25) is 14.6 Å². The second kappa shape index (κ2) is 11.4. The molecule has 0 bridgehead atoms. The average Bonchev–Trinajstić information content (AvgIpc) is 2.71. The smallest absolute Gasteiger partial charge is 0.227 e. The largest absolute Gasteiger partial charge is 0.330 e. The van der Waals surface area contributed by atoms with E-state index in [1.165, 1.54) is 0 Å². The lowest BCUT2D eigenvalue weighted by Crippen LogP contribution is -2.35. The number of carbonyl (C=O) groups is 2. The van der Waals surface area contributed by atoms with Crippen molar-refractivity contribution in [2.24, 2.45) is 23.3 Å². The molecule has 1 heterocycles. The van der Waals surface area contributed by atoms with Crippen LogP contribution in [0.3, 0.4) is 0 Å². The molecular weight excluding hydrogens is 364 g/mol. The lowest BCUT2D eigenvalue weighted by Gasteiger charge is -2.20. The number of aromatic nitrogens is 1. The van der Waals surface area contributed by atoms with Crippen molar-refractivity contribution in [3.63, 3.8) is 0 Å². The van der Waals surface area contributed by atoms with Crippen molar-refractivity contribution in [1.29, 1.82) is 0 Å². The predicted molar refractivity (Wildman–Crippen MR) is 117 cm³/mol. The van der Waals surface area contributed by atoms with Crippen LogP contribution in [-0.2, 0) is 9.59 Å². The Bertz CT molecular complexity index is 792. The highest BCUT2D eigenvalue weighted by molar-refractivity contribution is 5.96. The summed E-state index contributed by atoms with van der Waals surface area (Å²) < 4.78 is 0. The minimum absolute atomic E-state index is 0.0876. The summed E-state index contributed by atoms with van der Waals surface area (Å²) in [5.74, 6) is -0.403. The van der Waals surface area contributed by atoms with Crippen LogP contribution in [0.25, 0.3) is 11.1 Å². The van der Waals surface area contributed by atoms with Crippen LogP contribution in [0.1, 0.15) is 39.5 Å². The van der Waals surface area contributed by atoms with Gasteiger partial charge in [-0.15, -0.1) is 0 Å². The second-order valence-electron chi connectivity index (χ2n) is 7.85. The third-order valence-corrected chi connectivity index (χ3v) is 4.82. The minimum atomic E-state index is -0.566. The quantitative estimate of drug-likeness (QED) is 0.539. The predicted octanol–water partition coefficient (Wildman–Crippen LogP) is 3.37. The molecule has 0 aliphatic carbocycles. The van der Waals surface area contributed by atoms with Gasteiger partial charge in [-0.25, -0.2) is 0 Å². The number of hydrogen-bond donors (Lipinski definition) is 3. The average molecular weight is 397 g/mol. The van der Waals surface area contributed by atoms with Gasteiger partial charge < -0.3 is 16.8 Å². The molecule has 29 heavy (non-hydrogen) atoms. The Morgan fingerprint density at radius 3 is 2.48 bits per heavy atom. The van der Waals surface area contributed by atoms with Gasteiger partial charge in [-0.2, -0.15) is 0 Å². The zero-order chi connectivity index (χ0) is 21.2. The molecular formula is C23H32N4O2. The van der Waals surface area contributed by atoms with E-state index >= 15 is 0 Å². The SMILES string of the molecule is CC(C)C[C@@H](CC(=O)[C@@H](N)CCCN)C(=O)Nc1cncc(-c2ccccc2)c1. The van der Waals surface area contributed by atoms with Gasteiger partial charge in [0.1, 0.15) is 5.78 Å². The van der Waals surface area contributed by atoms with E-state index in [4.69, 9.17) is 11.5 Å². The normalized spacial score (nSPS) is 13.1. The Labute approximate surface area is 173 Å². The number of nitrogens with one attached hydrogen (secondary N) is 1. The first-order valence-electron chi connectivity index (χ1n) is 10.2. The molecule has 1 aromatic carbocycles. The molecule has 1 aromatic heterocycles. The van der Waals surface area contributed by atoms with Crippen molar-refractivity contribution in [2.75, 3.05) is 11.9 Å². The Hall–Kier alpha value is -2.57. The molecule has 6 nitrogen and oxygen atoms in total. The molecule has 0 unspecified atom stereocenters. The first kappa shape index (κ1) is 22.7. The van der Waals surface area contributed by atoms with Crippen LogP contribution >= 0.6 is 0 Å². The molecule has 1 amide bonds. The zero-order valence-corrected chi connectivity index (χ0v) is 17.3. The van der Waals surface area contributed by atoms with Gasteiger partial charge in [0.05, 0.1) is 17.9 Å². The van der Waals surface area contributed by atoms with Gasteiger partial charge in [0.15, 0.2) is 0 Å². The molecule has 2 atom stereocenters. The van der Waals surface area contributed by atoms with Gasteiger partial charge in [-0.05, 0) is 43.4 Å². The Balaban J connectivity index is 2.08. The lowest BCUT2D eigenvalue weighted by atomic mass is 9.89. The van der Waals surface area contributed by atoms with E-state index in [-0.39, 0.29) is 24.0 Å². The maximum absolute atomic E-state index is 12.9. The van der Waals surface area contributed by atoms with E-state index in [9.17, 15) is 9.59 Å². The van der Waals surface area contributed by atoms with E-state index < -0.39 is 12.0 Å².